The molecule has 1 rings (SSSR count). The number of benzene rings is 1. The highest BCUT2D eigenvalue weighted by molar-refractivity contribution is 6.30. The van der Waals surface area contributed by atoms with Gasteiger partial charge in [0.25, 0.3) is 0 Å². The van der Waals surface area contributed by atoms with Crippen molar-refractivity contribution >= 4 is 17.5 Å². The quantitative estimate of drug-likeness (QED) is 0.874. The summed E-state index contributed by atoms with van der Waals surface area (Å²) in [6, 6.07) is 9.27. The largest absolute Gasteiger partial charge is 0.351 e. The minimum atomic E-state index is -0.549. The zero-order valence-electron chi connectivity index (χ0n) is 9.74. The molecule has 0 saturated carbocycles. The molecular formula is C13H15ClN2O. The van der Waals surface area contributed by atoms with Crippen molar-refractivity contribution in [1.82, 2.24) is 5.32 Å². The van der Waals surface area contributed by atoms with Crippen molar-refractivity contribution in [3.05, 3.63) is 34.9 Å². The van der Waals surface area contributed by atoms with Gasteiger partial charge in [0.05, 0.1) is 6.07 Å². The van der Waals surface area contributed by atoms with Crippen molar-refractivity contribution in [2.24, 2.45) is 5.92 Å². The van der Waals surface area contributed by atoms with Gasteiger partial charge in [-0.15, -0.1) is 0 Å². The number of hydrogen-bond acceptors (Lipinski definition) is 2. The average molecular weight is 251 g/mol. The Morgan fingerprint density at radius 1 is 1.47 bits per heavy atom. The molecule has 0 aliphatic carbocycles. The van der Waals surface area contributed by atoms with Gasteiger partial charge in [0.15, 0.2) is 0 Å². The van der Waals surface area contributed by atoms with Crippen molar-refractivity contribution in [2.75, 3.05) is 0 Å². The predicted octanol–water partition coefficient (Wildman–Crippen LogP) is 2.90. The third-order valence-electron chi connectivity index (χ3n) is 2.43. The molecule has 1 atom stereocenters. The number of nitrogens with one attached hydrogen (secondary N) is 1. The zero-order chi connectivity index (χ0) is 12.7. The topological polar surface area (TPSA) is 52.9 Å². The first-order valence-corrected chi connectivity index (χ1v) is 5.97. The highest BCUT2D eigenvalue weighted by Gasteiger charge is 2.15. The van der Waals surface area contributed by atoms with Crippen molar-refractivity contribution in [3.63, 3.8) is 0 Å². The molecule has 1 unspecified atom stereocenters. The molecule has 0 bridgehead atoms. The summed E-state index contributed by atoms with van der Waals surface area (Å²) in [6.45, 7) is 2.38. The monoisotopic (exact) mass is 250 g/mol. The number of amides is 1. The maximum Gasteiger partial charge on any atom is 0.237 e. The highest BCUT2D eigenvalue weighted by atomic mass is 35.5. The molecule has 90 valence electrons. The van der Waals surface area contributed by atoms with Crippen LogP contribution in [0.1, 0.15) is 25.3 Å². The molecule has 1 amide bonds. The molecule has 1 aromatic rings. The van der Waals surface area contributed by atoms with Gasteiger partial charge < -0.3 is 5.32 Å². The summed E-state index contributed by atoms with van der Waals surface area (Å²) in [5.74, 6) is -0.753. The van der Waals surface area contributed by atoms with Gasteiger partial charge >= 0.3 is 0 Å². The smallest absolute Gasteiger partial charge is 0.237 e. The summed E-state index contributed by atoms with van der Waals surface area (Å²) < 4.78 is 0. The molecule has 0 saturated heterocycles. The highest BCUT2D eigenvalue weighted by Crippen LogP contribution is 2.10. The minimum Gasteiger partial charge on any atom is -0.351 e. The SMILES string of the molecule is CCCC(C#N)C(=O)NCc1ccc(Cl)cc1. The van der Waals surface area contributed by atoms with E-state index in [9.17, 15) is 4.79 Å². The fourth-order valence-corrected chi connectivity index (χ4v) is 1.58. The van der Waals surface area contributed by atoms with Crippen molar-refractivity contribution in [1.29, 1.82) is 5.26 Å². The van der Waals surface area contributed by atoms with Crippen LogP contribution in [0.4, 0.5) is 0 Å². The summed E-state index contributed by atoms with van der Waals surface area (Å²) in [5.41, 5.74) is 0.968. The summed E-state index contributed by atoms with van der Waals surface area (Å²) in [5, 5.41) is 12.3. The summed E-state index contributed by atoms with van der Waals surface area (Å²) in [4.78, 5) is 11.6. The standard InChI is InChI=1S/C13H15ClN2O/c1-2-3-11(8-15)13(17)16-9-10-4-6-12(14)7-5-10/h4-7,11H,2-3,9H2,1H3,(H,16,17). The summed E-state index contributed by atoms with van der Waals surface area (Å²) in [6.07, 6.45) is 1.43. The van der Waals surface area contributed by atoms with E-state index in [2.05, 4.69) is 5.32 Å². The van der Waals surface area contributed by atoms with Crippen LogP contribution in [-0.2, 0) is 11.3 Å². The first-order chi connectivity index (χ1) is 8.17. The number of halogens is 1. The Bertz CT molecular complexity index is 408. The van der Waals surface area contributed by atoms with E-state index in [1.54, 1.807) is 12.1 Å². The Balaban J connectivity index is 2.47. The van der Waals surface area contributed by atoms with Gasteiger partial charge in [-0.1, -0.05) is 37.1 Å². The number of carbonyl (C=O) groups excluding carboxylic acids is 1. The van der Waals surface area contributed by atoms with Crippen molar-refractivity contribution in [3.8, 4) is 6.07 Å². The maximum atomic E-state index is 11.6. The van der Waals surface area contributed by atoms with Crippen LogP contribution in [-0.4, -0.2) is 5.91 Å². The maximum absolute atomic E-state index is 11.6. The van der Waals surface area contributed by atoms with E-state index >= 15 is 0 Å². The lowest BCUT2D eigenvalue weighted by Crippen LogP contribution is -2.29. The van der Waals surface area contributed by atoms with E-state index in [1.165, 1.54) is 0 Å². The van der Waals surface area contributed by atoms with E-state index in [4.69, 9.17) is 16.9 Å². The van der Waals surface area contributed by atoms with Gasteiger partial charge in [-0.2, -0.15) is 5.26 Å². The average Bonchev–Trinajstić information content (AvgIpc) is 2.35. The Hall–Kier alpha value is -1.53. The number of nitriles is 1. The molecule has 0 spiro atoms. The second kappa shape index (κ2) is 6.93. The Morgan fingerprint density at radius 2 is 2.12 bits per heavy atom. The van der Waals surface area contributed by atoms with Crippen LogP contribution in [0.25, 0.3) is 0 Å². The van der Waals surface area contributed by atoms with Gasteiger partial charge in [-0.05, 0) is 24.1 Å². The van der Waals surface area contributed by atoms with Crippen LogP contribution in [0.2, 0.25) is 5.02 Å². The summed E-state index contributed by atoms with van der Waals surface area (Å²) in [7, 11) is 0. The van der Waals surface area contributed by atoms with Gasteiger partial charge in [-0.25, -0.2) is 0 Å². The molecule has 4 heteroatoms. The number of hydrogen-bond donors (Lipinski definition) is 1. The fourth-order valence-electron chi connectivity index (χ4n) is 1.46. The third-order valence-corrected chi connectivity index (χ3v) is 2.68. The molecule has 3 nitrogen and oxygen atoms in total. The van der Waals surface area contributed by atoms with E-state index in [0.717, 1.165) is 12.0 Å². The molecule has 1 N–H and O–H groups in total. The molecule has 0 radical (unpaired) electrons. The number of carbonyl (C=O) groups is 1. The van der Waals surface area contributed by atoms with Crippen LogP contribution in [0.15, 0.2) is 24.3 Å². The van der Waals surface area contributed by atoms with Crippen LogP contribution >= 0.6 is 11.6 Å². The van der Waals surface area contributed by atoms with Crippen LogP contribution < -0.4 is 5.32 Å². The van der Waals surface area contributed by atoms with Crippen LogP contribution in [0.5, 0.6) is 0 Å². The van der Waals surface area contributed by atoms with E-state index in [-0.39, 0.29) is 5.91 Å². The van der Waals surface area contributed by atoms with Gasteiger partial charge in [0, 0.05) is 11.6 Å². The first-order valence-electron chi connectivity index (χ1n) is 5.59. The second-order valence-electron chi connectivity index (χ2n) is 3.81. The molecule has 0 heterocycles. The fraction of sp³-hybridized carbons (Fsp3) is 0.385. The lowest BCUT2D eigenvalue weighted by atomic mass is 10.0. The molecular weight excluding hydrogens is 236 g/mol. The van der Waals surface area contributed by atoms with E-state index in [1.807, 2.05) is 25.1 Å². The Kier molecular flexibility index (Phi) is 5.51. The van der Waals surface area contributed by atoms with Gasteiger partial charge in [-0.3, -0.25) is 4.79 Å². The molecule has 0 aliphatic heterocycles. The van der Waals surface area contributed by atoms with Gasteiger partial charge in [0.1, 0.15) is 5.92 Å². The minimum absolute atomic E-state index is 0.204. The van der Waals surface area contributed by atoms with Gasteiger partial charge in [0.2, 0.25) is 5.91 Å². The third kappa shape index (κ3) is 4.46. The molecule has 17 heavy (non-hydrogen) atoms. The first kappa shape index (κ1) is 13.5. The van der Waals surface area contributed by atoms with E-state index < -0.39 is 5.92 Å². The molecule has 0 fully saturated rings. The zero-order valence-corrected chi connectivity index (χ0v) is 10.5. The lowest BCUT2D eigenvalue weighted by Gasteiger charge is -2.09. The molecule has 0 aromatic heterocycles. The molecule has 1 aromatic carbocycles. The second-order valence-corrected chi connectivity index (χ2v) is 4.25. The summed E-state index contributed by atoms with van der Waals surface area (Å²) >= 11 is 5.76. The molecule has 0 aliphatic rings. The number of nitrogens with zero attached hydrogens (tertiary/aromatic N) is 1. The van der Waals surface area contributed by atoms with Crippen molar-refractivity contribution in [2.45, 2.75) is 26.3 Å². The predicted molar refractivity (Wildman–Crippen MR) is 67.3 cm³/mol. The van der Waals surface area contributed by atoms with E-state index in [0.29, 0.717) is 18.0 Å². The van der Waals surface area contributed by atoms with Crippen LogP contribution in [0, 0.1) is 17.2 Å². The normalized spacial score (nSPS) is 11.6. The lowest BCUT2D eigenvalue weighted by molar-refractivity contribution is -0.123. The Labute approximate surface area is 106 Å². The Morgan fingerprint density at radius 3 is 2.65 bits per heavy atom. The number of rotatable bonds is 5. The van der Waals surface area contributed by atoms with Crippen LogP contribution in [0.3, 0.4) is 0 Å². The van der Waals surface area contributed by atoms with Crippen molar-refractivity contribution < 1.29 is 4.79 Å².